The summed E-state index contributed by atoms with van der Waals surface area (Å²) in [5, 5.41) is 5.02. The summed E-state index contributed by atoms with van der Waals surface area (Å²) in [6, 6.07) is 16.8. The summed E-state index contributed by atoms with van der Waals surface area (Å²) in [6.07, 6.45) is 0. The van der Waals surface area contributed by atoms with Crippen LogP contribution in [0.1, 0.15) is 22.6 Å². The van der Waals surface area contributed by atoms with Crippen molar-refractivity contribution in [3.63, 3.8) is 0 Å². The first-order valence-electron chi connectivity index (χ1n) is 8.22. The van der Waals surface area contributed by atoms with Gasteiger partial charge in [0.25, 0.3) is 0 Å². The van der Waals surface area contributed by atoms with Gasteiger partial charge in [0.2, 0.25) is 0 Å². The Morgan fingerprint density at radius 1 is 1.00 bits per heavy atom. The Balaban J connectivity index is 1.77. The van der Waals surface area contributed by atoms with E-state index < -0.39 is 0 Å². The van der Waals surface area contributed by atoms with Gasteiger partial charge in [-0.05, 0) is 45.0 Å². The normalized spacial score (nSPS) is 11.3. The molecule has 0 atom stereocenters. The van der Waals surface area contributed by atoms with Crippen molar-refractivity contribution >= 4 is 22.8 Å². The van der Waals surface area contributed by atoms with Gasteiger partial charge in [0, 0.05) is 17.0 Å². The van der Waals surface area contributed by atoms with Crippen molar-refractivity contribution in [1.82, 2.24) is 14.7 Å². The van der Waals surface area contributed by atoms with Crippen LogP contribution >= 0.6 is 11.8 Å². The van der Waals surface area contributed by atoms with Gasteiger partial charge in [-0.3, -0.25) is 4.57 Å². The molecule has 5 heteroatoms. The lowest BCUT2D eigenvalue weighted by Gasteiger charge is -2.09. The predicted molar refractivity (Wildman–Crippen MR) is 101 cm³/mol. The van der Waals surface area contributed by atoms with Crippen molar-refractivity contribution in [2.45, 2.75) is 31.7 Å². The minimum atomic E-state index is 0.788. The molecule has 0 saturated carbocycles. The van der Waals surface area contributed by atoms with Crippen molar-refractivity contribution < 1.29 is 4.52 Å². The Morgan fingerprint density at radius 3 is 2.48 bits per heavy atom. The number of nitrogens with zero attached hydrogens (tertiary/aromatic N) is 3. The number of thioether (sulfide) groups is 1. The predicted octanol–water partition coefficient (Wildman–Crippen LogP) is 5.23. The molecule has 2 aromatic heterocycles. The second kappa shape index (κ2) is 6.41. The molecule has 0 aliphatic heterocycles. The molecule has 4 rings (SSSR count). The van der Waals surface area contributed by atoms with Crippen molar-refractivity contribution in [2.24, 2.45) is 0 Å². The van der Waals surface area contributed by atoms with Crippen LogP contribution in [-0.2, 0) is 5.75 Å². The lowest BCUT2D eigenvalue weighted by Crippen LogP contribution is -1.97. The maximum atomic E-state index is 5.28. The summed E-state index contributed by atoms with van der Waals surface area (Å²) in [4.78, 5) is 4.85. The van der Waals surface area contributed by atoms with E-state index >= 15 is 0 Å². The van der Waals surface area contributed by atoms with Gasteiger partial charge in [0.15, 0.2) is 5.16 Å². The second-order valence-electron chi connectivity index (χ2n) is 6.15. The van der Waals surface area contributed by atoms with Gasteiger partial charge in [-0.2, -0.15) is 0 Å². The van der Waals surface area contributed by atoms with E-state index in [9.17, 15) is 0 Å². The Hall–Kier alpha value is -2.53. The topological polar surface area (TPSA) is 43.9 Å². The fraction of sp³-hybridized carbons (Fsp3) is 0.200. The Labute approximate surface area is 150 Å². The number of para-hydroxylation sites is 2. The molecule has 0 radical (unpaired) electrons. The van der Waals surface area contributed by atoms with E-state index in [0.29, 0.717) is 0 Å². The maximum absolute atomic E-state index is 5.28. The van der Waals surface area contributed by atoms with E-state index in [2.05, 4.69) is 59.1 Å². The maximum Gasteiger partial charge on any atom is 0.174 e. The lowest BCUT2D eigenvalue weighted by molar-refractivity contribution is 0.392. The molecule has 0 unspecified atom stereocenters. The fourth-order valence-electron chi connectivity index (χ4n) is 2.89. The van der Waals surface area contributed by atoms with Crippen LogP contribution in [-0.4, -0.2) is 14.7 Å². The fourth-order valence-corrected chi connectivity index (χ4v) is 4.07. The van der Waals surface area contributed by atoms with Crippen molar-refractivity contribution in [3.05, 3.63) is 71.1 Å². The van der Waals surface area contributed by atoms with Crippen molar-refractivity contribution in [2.75, 3.05) is 0 Å². The quantitative estimate of drug-likeness (QED) is 0.473. The smallest absolute Gasteiger partial charge is 0.174 e. The van der Waals surface area contributed by atoms with Gasteiger partial charge in [-0.25, -0.2) is 4.98 Å². The molecule has 25 heavy (non-hydrogen) atoms. The van der Waals surface area contributed by atoms with Crippen LogP contribution in [0.15, 0.2) is 58.2 Å². The monoisotopic (exact) mass is 349 g/mol. The molecule has 126 valence electrons. The first kappa shape index (κ1) is 16.0. The van der Waals surface area contributed by atoms with Crippen molar-refractivity contribution in [3.8, 4) is 5.69 Å². The zero-order chi connectivity index (χ0) is 17.4. The summed E-state index contributed by atoms with van der Waals surface area (Å²) in [5.74, 6) is 1.67. The number of benzene rings is 2. The van der Waals surface area contributed by atoms with Gasteiger partial charge in [-0.1, -0.05) is 46.7 Å². The molecule has 0 aliphatic carbocycles. The van der Waals surface area contributed by atoms with Gasteiger partial charge < -0.3 is 4.52 Å². The number of hydrogen-bond acceptors (Lipinski definition) is 4. The first-order valence-corrected chi connectivity index (χ1v) is 9.21. The molecular formula is C20H19N3OS. The van der Waals surface area contributed by atoms with Gasteiger partial charge in [0.05, 0.1) is 16.7 Å². The van der Waals surface area contributed by atoms with E-state index in [4.69, 9.17) is 9.51 Å². The van der Waals surface area contributed by atoms with Gasteiger partial charge in [0.1, 0.15) is 5.76 Å². The Bertz CT molecular complexity index is 1010. The highest BCUT2D eigenvalue weighted by Gasteiger charge is 2.15. The Morgan fingerprint density at radius 2 is 1.76 bits per heavy atom. The SMILES string of the molecule is Cc1ccc(-n2c(SCc3c(C)noc3C)nc3ccccc32)cc1. The molecule has 0 aliphatic rings. The van der Waals surface area contributed by atoms with Crippen LogP contribution in [0.5, 0.6) is 0 Å². The molecule has 0 spiro atoms. The minimum Gasteiger partial charge on any atom is -0.361 e. The Kier molecular flexibility index (Phi) is 4.09. The third kappa shape index (κ3) is 2.96. The number of aromatic nitrogens is 3. The third-order valence-corrected chi connectivity index (χ3v) is 5.31. The largest absolute Gasteiger partial charge is 0.361 e. The first-order chi connectivity index (χ1) is 12.1. The van der Waals surface area contributed by atoms with E-state index in [-0.39, 0.29) is 0 Å². The van der Waals surface area contributed by atoms with Crippen LogP contribution < -0.4 is 0 Å². The molecule has 0 N–H and O–H groups in total. The number of hydrogen-bond donors (Lipinski definition) is 0. The van der Waals surface area contributed by atoms with E-state index in [1.807, 2.05) is 19.9 Å². The molecular weight excluding hydrogens is 330 g/mol. The zero-order valence-electron chi connectivity index (χ0n) is 14.5. The summed E-state index contributed by atoms with van der Waals surface area (Å²) in [7, 11) is 0. The van der Waals surface area contributed by atoms with Crippen LogP contribution in [0.2, 0.25) is 0 Å². The average molecular weight is 349 g/mol. The summed E-state index contributed by atoms with van der Waals surface area (Å²) >= 11 is 1.71. The summed E-state index contributed by atoms with van der Waals surface area (Å²) in [5.41, 5.74) is 6.59. The number of rotatable bonds is 4. The second-order valence-corrected chi connectivity index (χ2v) is 7.09. The van der Waals surface area contributed by atoms with Crippen LogP contribution in [0.25, 0.3) is 16.7 Å². The highest BCUT2D eigenvalue weighted by molar-refractivity contribution is 7.98. The molecule has 4 aromatic rings. The summed E-state index contributed by atoms with van der Waals surface area (Å²) < 4.78 is 7.50. The van der Waals surface area contributed by atoms with Gasteiger partial charge >= 0.3 is 0 Å². The highest BCUT2D eigenvalue weighted by Crippen LogP contribution is 2.31. The lowest BCUT2D eigenvalue weighted by atomic mass is 10.2. The van der Waals surface area contributed by atoms with Crippen molar-refractivity contribution in [1.29, 1.82) is 0 Å². The van der Waals surface area contributed by atoms with Gasteiger partial charge in [-0.15, -0.1) is 0 Å². The number of imidazole rings is 1. The minimum absolute atomic E-state index is 0.788. The molecule has 0 bridgehead atoms. The number of aryl methyl sites for hydroxylation is 3. The standard InChI is InChI=1S/C20H19N3OS/c1-13-8-10-16(11-9-13)23-19-7-5-4-6-18(19)21-20(23)25-12-17-14(2)22-24-15(17)3/h4-11H,12H2,1-3H3. The molecule has 0 amide bonds. The molecule has 2 aromatic carbocycles. The van der Waals surface area contributed by atoms with E-state index in [1.165, 1.54) is 5.56 Å². The summed E-state index contributed by atoms with van der Waals surface area (Å²) in [6.45, 7) is 6.04. The average Bonchev–Trinajstić information content (AvgIpc) is 3.14. The molecule has 0 saturated heterocycles. The molecule has 0 fully saturated rings. The number of fused-ring (bicyclic) bond motifs is 1. The third-order valence-electron chi connectivity index (χ3n) is 4.35. The van der Waals surface area contributed by atoms with E-state index in [0.717, 1.165) is 44.6 Å². The van der Waals surface area contributed by atoms with Crippen LogP contribution in [0, 0.1) is 20.8 Å². The van der Waals surface area contributed by atoms with Crippen LogP contribution in [0.4, 0.5) is 0 Å². The highest BCUT2D eigenvalue weighted by atomic mass is 32.2. The van der Waals surface area contributed by atoms with Crippen LogP contribution in [0.3, 0.4) is 0 Å². The molecule has 4 nitrogen and oxygen atoms in total. The molecule has 2 heterocycles. The van der Waals surface area contributed by atoms with E-state index in [1.54, 1.807) is 11.8 Å². The zero-order valence-corrected chi connectivity index (χ0v) is 15.3.